The Morgan fingerprint density at radius 3 is 2.67 bits per heavy atom. The van der Waals surface area contributed by atoms with Gasteiger partial charge in [-0.2, -0.15) is 0 Å². The van der Waals surface area contributed by atoms with E-state index in [4.69, 9.17) is 0 Å². The molecule has 0 bridgehead atoms. The molecule has 0 radical (unpaired) electrons. The molecule has 0 spiro atoms. The summed E-state index contributed by atoms with van der Waals surface area (Å²) >= 11 is 0. The summed E-state index contributed by atoms with van der Waals surface area (Å²) in [5.41, 5.74) is -0.748. The highest BCUT2D eigenvalue weighted by molar-refractivity contribution is 5.93. The molecule has 1 fully saturated rings. The zero-order valence-electron chi connectivity index (χ0n) is 12.1. The Balaban J connectivity index is 2.25. The minimum atomic E-state index is -0.982. The summed E-state index contributed by atoms with van der Waals surface area (Å²) in [4.78, 5) is 25.7. The van der Waals surface area contributed by atoms with Crippen LogP contribution in [0.25, 0.3) is 0 Å². The van der Waals surface area contributed by atoms with Gasteiger partial charge in [0.2, 0.25) is 11.8 Å². The molecule has 0 aliphatic carbocycles. The first kappa shape index (κ1) is 15.4. The zero-order valence-corrected chi connectivity index (χ0v) is 12.1. The molecule has 0 saturated carbocycles. The van der Waals surface area contributed by atoms with Gasteiger partial charge in [0, 0.05) is 31.1 Å². The summed E-state index contributed by atoms with van der Waals surface area (Å²) in [6.07, 6.45) is 0.615. The van der Waals surface area contributed by atoms with Gasteiger partial charge in [-0.3, -0.25) is 9.59 Å². The molecule has 21 heavy (non-hydrogen) atoms. The molecule has 1 aromatic carbocycles. The van der Waals surface area contributed by atoms with Gasteiger partial charge in [-0.1, -0.05) is 13.0 Å². The summed E-state index contributed by atoms with van der Waals surface area (Å²) in [5.74, 6) is -1.80. The molecule has 1 aliphatic rings. The maximum absolute atomic E-state index is 13.7. The maximum atomic E-state index is 13.7. The van der Waals surface area contributed by atoms with Gasteiger partial charge in [0.1, 0.15) is 17.2 Å². The first-order chi connectivity index (χ1) is 9.85. The Kier molecular flexibility index (Phi) is 4.25. The minimum Gasteiger partial charge on any atom is -0.342 e. The van der Waals surface area contributed by atoms with E-state index in [-0.39, 0.29) is 36.9 Å². The molecule has 2 amide bonds. The topological polar surface area (TPSA) is 49.4 Å². The number of carbonyl (C=O) groups is 2. The van der Waals surface area contributed by atoms with Crippen molar-refractivity contribution in [3.8, 4) is 0 Å². The van der Waals surface area contributed by atoms with Crippen molar-refractivity contribution in [2.24, 2.45) is 0 Å². The Morgan fingerprint density at radius 2 is 2.05 bits per heavy atom. The first-order valence-corrected chi connectivity index (χ1v) is 6.90. The molecule has 1 unspecified atom stereocenters. The van der Waals surface area contributed by atoms with Crippen molar-refractivity contribution in [2.75, 3.05) is 6.54 Å². The van der Waals surface area contributed by atoms with E-state index in [1.165, 1.54) is 11.0 Å². The van der Waals surface area contributed by atoms with E-state index in [9.17, 15) is 18.4 Å². The smallest absolute Gasteiger partial charge is 0.248 e. The maximum Gasteiger partial charge on any atom is 0.248 e. The number of rotatable bonds is 3. The lowest BCUT2D eigenvalue weighted by Crippen LogP contribution is -2.54. The second-order valence-corrected chi connectivity index (χ2v) is 5.45. The van der Waals surface area contributed by atoms with Crippen LogP contribution in [0.4, 0.5) is 8.78 Å². The molecule has 4 nitrogen and oxygen atoms in total. The summed E-state index contributed by atoms with van der Waals surface area (Å²) < 4.78 is 26.6. The molecule has 2 rings (SSSR count). The number of carbonyl (C=O) groups excluding carboxylic acids is 2. The lowest BCUT2D eigenvalue weighted by Gasteiger charge is -2.31. The number of halogens is 2. The Labute approximate surface area is 122 Å². The Morgan fingerprint density at radius 1 is 1.33 bits per heavy atom. The van der Waals surface area contributed by atoms with Crippen LogP contribution < -0.4 is 5.32 Å². The van der Waals surface area contributed by atoms with Crippen molar-refractivity contribution in [3.63, 3.8) is 0 Å². The van der Waals surface area contributed by atoms with Gasteiger partial charge in [-0.05, 0) is 19.4 Å². The van der Waals surface area contributed by atoms with Gasteiger partial charge >= 0.3 is 0 Å². The van der Waals surface area contributed by atoms with E-state index >= 15 is 0 Å². The molecule has 1 aromatic rings. The van der Waals surface area contributed by atoms with Crippen LogP contribution in [-0.4, -0.2) is 28.8 Å². The standard InChI is InChI=1S/C15H18F2N2O2/c1-3-15(2)14(21)19(7-6-13(20)18-15)9-10-4-5-11(16)8-12(10)17/h4-5,8H,3,6-7,9H2,1-2H3,(H,18,20). The fourth-order valence-electron chi connectivity index (χ4n) is 2.36. The molecule has 114 valence electrons. The largest absolute Gasteiger partial charge is 0.342 e. The third kappa shape index (κ3) is 3.20. The van der Waals surface area contributed by atoms with Crippen molar-refractivity contribution < 1.29 is 18.4 Å². The van der Waals surface area contributed by atoms with Crippen LogP contribution in [0.1, 0.15) is 32.3 Å². The molecule has 0 aromatic heterocycles. The van der Waals surface area contributed by atoms with Crippen molar-refractivity contribution in [1.82, 2.24) is 10.2 Å². The van der Waals surface area contributed by atoms with Gasteiger partial charge in [0.25, 0.3) is 0 Å². The van der Waals surface area contributed by atoms with E-state index in [2.05, 4.69) is 5.32 Å². The lowest BCUT2D eigenvalue weighted by atomic mass is 9.97. The molecule has 1 aliphatic heterocycles. The number of hydrogen-bond acceptors (Lipinski definition) is 2. The predicted octanol–water partition coefficient (Wildman–Crippen LogP) is 1.98. The van der Waals surface area contributed by atoms with Crippen LogP contribution in [0.15, 0.2) is 18.2 Å². The molecular weight excluding hydrogens is 278 g/mol. The summed E-state index contributed by atoms with van der Waals surface area (Å²) in [5, 5.41) is 2.71. The highest BCUT2D eigenvalue weighted by Gasteiger charge is 2.39. The van der Waals surface area contributed by atoms with Crippen molar-refractivity contribution in [3.05, 3.63) is 35.4 Å². The highest BCUT2D eigenvalue weighted by atomic mass is 19.1. The minimum absolute atomic E-state index is 0.0233. The predicted molar refractivity (Wildman–Crippen MR) is 73.2 cm³/mol. The third-order valence-electron chi connectivity index (χ3n) is 3.87. The number of nitrogens with zero attached hydrogens (tertiary/aromatic N) is 1. The van der Waals surface area contributed by atoms with Crippen molar-refractivity contribution in [2.45, 2.75) is 38.8 Å². The third-order valence-corrected chi connectivity index (χ3v) is 3.87. The highest BCUT2D eigenvalue weighted by Crippen LogP contribution is 2.20. The average molecular weight is 296 g/mol. The van der Waals surface area contributed by atoms with Gasteiger partial charge in [-0.25, -0.2) is 8.78 Å². The van der Waals surface area contributed by atoms with Gasteiger partial charge in [-0.15, -0.1) is 0 Å². The molecule has 1 N–H and O–H groups in total. The number of hydrogen-bond donors (Lipinski definition) is 1. The SMILES string of the molecule is CCC1(C)NC(=O)CCN(Cc2ccc(F)cc2F)C1=O. The fraction of sp³-hybridized carbons (Fsp3) is 0.467. The Bertz CT molecular complexity index is 577. The fourth-order valence-corrected chi connectivity index (χ4v) is 2.36. The zero-order chi connectivity index (χ0) is 15.6. The van der Waals surface area contributed by atoms with E-state index in [1.54, 1.807) is 13.8 Å². The van der Waals surface area contributed by atoms with Crippen LogP contribution in [0, 0.1) is 11.6 Å². The molecule has 1 atom stereocenters. The van der Waals surface area contributed by atoms with Gasteiger partial charge < -0.3 is 10.2 Å². The van der Waals surface area contributed by atoms with Crippen LogP contribution in [-0.2, 0) is 16.1 Å². The van der Waals surface area contributed by atoms with Crippen LogP contribution in [0.2, 0.25) is 0 Å². The Hall–Kier alpha value is -1.98. The van der Waals surface area contributed by atoms with Crippen LogP contribution >= 0.6 is 0 Å². The van der Waals surface area contributed by atoms with E-state index in [0.717, 1.165) is 12.1 Å². The molecule has 6 heteroatoms. The summed E-state index contributed by atoms with van der Waals surface area (Å²) in [6.45, 7) is 3.71. The molecule has 1 saturated heterocycles. The number of amides is 2. The van der Waals surface area contributed by atoms with E-state index < -0.39 is 17.2 Å². The van der Waals surface area contributed by atoms with Crippen LogP contribution in [0.3, 0.4) is 0 Å². The summed E-state index contributed by atoms with van der Waals surface area (Å²) in [7, 11) is 0. The quantitative estimate of drug-likeness (QED) is 0.927. The summed E-state index contributed by atoms with van der Waals surface area (Å²) in [6, 6.07) is 3.27. The van der Waals surface area contributed by atoms with Crippen molar-refractivity contribution >= 4 is 11.8 Å². The van der Waals surface area contributed by atoms with E-state index in [1.807, 2.05) is 0 Å². The molecular formula is C15H18F2N2O2. The second kappa shape index (κ2) is 5.79. The second-order valence-electron chi connectivity index (χ2n) is 5.45. The monoisotopic (exact) mass is 296 g/mol. The number of benzene rings is 1. The lowest BCUT2D eigenvalue weighted by molar-refractivity contribution is -0.138. The van der Waals surface area contributed by atoms with Crippen LogP contribution in [0.5, 0.6) is 0 Å². The molecule has 1 heterocycles. The van der Waals surface area contributed by atoms with Gasteiger partial charge in [0.15, 0.2) is 0 Å². The normalized spacial score (nSPS) is 23.0. The first-order valence-electron chi connectivity index (χ1n) is 6.90. The average Bonchev–Trinajstić information content (AvgIpc) is 2.53. The number of nitrogens with one attached hydrogen (secondary N) is 1. The van der Waals surface area contributed by atoms with Crippen molar-refractivity contribution in [1.29, 1.82) is 0 Å². The van der Waals surface area contributed by atoms with E-state index in [0.29, 0.717) is 6.42 Å². The van der Waals surface area contributed by atoms with Gasteiger partial charge in [0.05, 0.1) is 0 Å².